The third-order valence-corrected chi connectivity index (χ3v) is 8.33. The van der Waals surface area contributed by atoms with Crippen LogP contribution in [0, 0.1) is 0 Å². The Morgan fingerprint density at radius 1 is 0.594 bits per heavy atom. The molecule has 0 fully saturated rings. The molecule has 0 spiro atoms. The topological polar surface area (TPSA) is 6.48 Å². The lowest BCUT2D eigenvalue weighted by Gasteiger charge is -2.17. The summed E-state index contributed by atoms with van der Waals surface area (Å²) in [6.07, 6.45) is 26.9. The summed E-state index contributed by atoms with van der Waals surface area (Å²) < 4.78 is 0. The van der Waals surface area contributed by atoms with Crippen molar-refractivity contribution in [1.82, 2.24) is 9.80 Å². The number of rotatable bonds is 26. The van der Waals surface area contributed by atoms with Gasteiger partial charge in [0.25, 0.3) is 0 Å². The van der Waals surface area contributed by atoms with Crippen molar-refractivity contribution in [1.29, 1.82) is 0 Å². The third kappa shape index (κ3) is 26.4. The summed E-state index contributed by atoms with van der Waals surface area (Å²) in [4.78, 5) is 5.04. The smallest absolute Gasteiger partial charge is 0.0165 e. The Balaban J connectivity index is 3.28. The van der Waals surface area contributed by atoms with E-state index in [1.54, 1.807) is 0 Å². The van der Waals surface area contributed by atoms with Crippen LogP contribution in [0.1, 0.15) is 103 Å². The molecule has 32 heavy (non-hydrogen) atoms. The number of allylic oxidation sites excluding steroid dienone is 3. The maximum Gasteiger partial charge on any atom is 0.0165 e. The van der Waals surface area contributed by atoms with Gasteiger partial charge in [0.15, 0.2) is 0 Å². The molecule has 0 aliphatic rings. The molecule has 190 valence electrons. The molecule has 0 N–H and O–H groups in total. The zero-order chi connectivity index (χ0) is 23.5. The quantitative estimate of drug-likeness (QED) is 0.0686. The molecule has 0 amide bonds. The summed E-state index contributed by atoms with van der Waals surface area (Å²) in [5.74, 6) is 2.51. The van der Waals surface area contributed by atoms with Crippen LogP contribution in [-0.2, 0) is 0 Å². The van der Waals surface area contributed by atoms with E-state index in [0.717, 1.165) is 6.42 Å². The summed E-state index contributed by atoms with van der Waals surface area (Å²) in [5.41, 5.74) is 0. The minimum absolute atomic E-state index is 1.02. The zero-order valence-electron chi connectivity index (χ0n) is 22.0. The fraction of sp³-hybridized carbons (Fsp3) is 0.857. The summed E-state index contributed by atoms with van der Waals surface area (Å²) in [5, 5.41) is 0. The van der Waals surface area contributed by atoms with Gasteiger partial charge in [0, 0.05) is 24.6 Å². The van der Waals surface area contributed by atoms with Crippen LogP contribution >= 0.6 is 21.6 Å². The Hall–Kier alpha value is 0.1000. The molecule has 0 aliphatic heterocycles. The summed E-state index contributed by atoms with van der Waals surface area (Å²) in [6.45, 7) is 11.0. The second-order valence-electron chi connectivity index (χ2n) is 9.28. The van der Waals surface area contributed by atoms with E-state index >= 15 is 0 Å². The Morgan fingerprint density at radius 2 is 1.06 bits per heavy atom. The zero-order valence-corrected chi connectivity index (χ0v) is 23.6. The van der Waals surface area contributed by atoms with E-state index in [1.807, 2.05) is 6.08 Å². The number of hydrogen-bond donors (Lipinski definition) is 0. The first-order chi connectivity index (χ1) is 15.7. The summed E-state index contributed by atoms with van der Waals surface area (Å²) >= 11 is 0. The highest BCUT2D eigenvalue weighted by Gasteiger charge is 2.01. The van der Waals surface area contributed by atoms with Crippen molar-refractivity contribution < 1.29 is 0 Å². The molecule has 0 atom stereocenters. The van der Waals surface area contributed by atoms with Crippen molar-refractivity contribution in [3.05, 3.63) is 24.8 Å². The van der Waals surface area contributed by atoms with Crippen LogP contribution in [0.4, 0.5) is 0 Å². The molecule has 0 unspecified atom stereocenters. The lowest BCUT2D eigenvalue weighted by atomic mass is 10.1. The maximum atomic E-state index is 3.74. The fourth-order valence-electron chi connectivity index (χ4n) is 3.73. The molecule has 0 rings (SSSR count). The third-order valence-electron chi connectivity index (χ3n) is 5.97. The van der Waals surface area contributed by atoms with E-state index in [2.05, 4.69) is 71.1 Å². The van der Waals surface area contributed by atoms with Crippen LogP contribution in [0.3, 0.4) is 0 Å². The lowest BCUT2D eigenvalue weighted by Crippen LogP contribution is -2.23. The van der Waals surface area contributed by atoms with Crippen molar-refractivity contribution in [2.45, 2.75) is 103 Å². The Labute approximate surface area is 210 Å². The normalized spacial score (nSPS) is 11.9. The van der Waals surface area contributed by atoms with Gasteiger partial charge < -0.3 is 9.80 Å². The fourth-order valence-corrected chi connectivity index (χ4v) is 5.89. The second kappa shape index (κ2) is 27.3. The van der Waals surface area contributed by atoms with Gasteiger partial charge in [-0.2, -0.15) is 0 Å². The minimum atomic E-state index is 1.02. The predicted molar refractivity (Wildman–Crippen MR) is 154 cm³/mol. The van der Waals surface area contributed by atoms with Crippen LogP contribution in [0.5, 0.6) is 0 Å². The van der Waals surface area contributed by atoms with Crippen molar-refractivity contribution in [2.24, 2.45) is 0 Å². The van der Waals surface area contributed by atoms with Gasteiger partial charge in [0.1, 0.15) is 0 Å². The van der Waals surface area contributed by atoms with Crippen molar-refractivity contribution in [3.63, 3.8) is 0 Å². The molecular weight excluding hydrogens is 428 g/mol. The molecule has 0 saturated heterocycles. The van der Waals surface area contributed by atoms with Crippen LogP contribution in [0.25, 0.3) is 0 Å². The standard InChI is InChI=1S/C28H56N2S2/c1-5-7-9-11-13-14-15-16-18-20-22-24-30(4)26-28-32-31-27-25-29(3)23-21-19-17-12-10-8-6-2/h5,9,11H,1,6-8,10,12-28H2,2-4H3/b11-9-. The molecule has 0 bridgehead atoms. The molecule has 0 aliphatic carbocycles. The monoisotopic (exact) mass is 484 g/mol. The number of hydrogen-bond acceptors (Lipinski definition) is 4. The van der Waals surface area contributed by atoms with Crippen LogP contribution in [0.2, 0.25) is 0 Å². The van der Waals surface area contributed by atoms with E-state index in [1.165, 1.54) is 128 Å². The number of unbranched alkanes of at least 4 members (excludes halogenated alkanes) is 12. The Kier molecular flexibility index (Phi) is 27.4. The second-order valence-corrected chi connectivity index (χ2v) is 12.0. The van der Waals surface area contributed by atoms with Gasteiger partial charge in [-0.05, 0) is 59.3 Å². The highest BCUT2D eigenvalue weighted by Crippen LogP contribution is 2.21. The van der Waals surface area contributed by atoms with Gasteiger partial charge in [-0.25, -0.2) is 0 Å². The highest BCUT2D eigenvalue weighted by molar-refractivity contribution is 8.76. The molecule has 0 aromatic rings. The molecule has 0 heterocycles. The first-order valence-electron chi connectivity index (χ1n) is 13.6. The minimum Gasteiger partial charge on any atom is -0.306 e. The van der Waals surface area contributed by atoms with E-state index < -0.39 is 0 Å². The highest BCUT2D eigenvalue weighted by atomic mass is 33.1. The van der Waals surface area contributed by atoms with Gasteiger partial charge in [-0.1, -0.05) is 111 Å². The van der Waals surface area contributed by atoms with Gasteiger partial charge in [-0.3, -0.25) is 0 Å². The van der Waals surface area contributed by atoms with Crippen LogP contribution < -0.4 is 0 Å². The predicted octanol–water partition coefficient (Wildman–Crippen LogP) is 8.85. The van der Waals surface area contributed by atoms with Crippen molar-refractivity contribution in [3.8, 4) is 0 Å². The average Bonchev–Trinajstić information content (AvgIpc) is 2.79. The molecule has 0 aromatic heterocycles. The van der Waals surface area contributed by atoms with E-state index in [-0.39, 0.29) is 0 Å². The van der Waals surface area contributed by atoms with E-state index in [4.69, 9.17) is 0 Å². The van der Waals surface area contributed by atoms with E-state index in [9.17, 15) is 0 Å². The maximum absolute atomic E-state index is 3.74. The molecule has 0 radical (unpaired) electrons. The summed E-state index contributed by atoms with van der Waals surface area (Å²) in [6, 6.07) is 0. The van der Waals surface area contributed by atoms with Gasteiger partial charge in [0.2, 0.25) is 0 Å². The van der Waals surface area contributed by atoms with Gasteiger partial charge in [0.05, 0.1) is 0 Å². The lowest BCUT2D eigenvalue weighted by molar-refractivity contribution is 0.343. The Bertz CT molecular complexity index is 401. The van der Waals surface area contributed by atoms with E-state index in [0.29, 0.717) is 0 Å². The van der Waals surface area contributed by atoms with Gasteiger partial charge in [-0.15, -0.1) is 6.58 Å². The molecular formula is C28H56N2S2. The summed E-state index contributed by atoms with van der Waals surface area (Å²) in [7, 11) is 8.70. The van der Waals surface area contributed by atoms with Crippen molar-refractivity contribution in [2.75, 3.05) is 51.8 Å². The van der Waals surface area contributed by atoms with Crippen molar-refractivity contribution >= 4 is 21.6 Å². The van der Waals surface area contributed by atoms with Crippen LogP contribution in [-0.4, -0.2) is 61.6 Å². The molecule has 0 saturated carbocycles. The molecule has 0 aromatic carbocycles. The van der Waals surface area contributed by atoms with Crippen LogP contribution in [0.15, 0.2) is 24.8 Å². The number of nitrogens with zero attached hydrogens (tertiary/aromatic N) is 2. The molecule has 2 nitrogen and oxygen atoms in total. The first kappa shape index (κ1) is 32.1. The SMILES string of the molecule is C=CC/C=C\CCCCCCCCN(C)CCSSCCN(C)CCCCCCCCC. The first-order valence-corrected chi connectivity index (χ1v) is 16.1. The van der Waals surface area contributed by atoms with Gasteiger partial charge >= 0.3 is 0 Å². The largest absolute Gasteiger partial charge is 0.306 e. The molecule has 4 heteroatoms. The Morgan fingerprint density at radius 3 is 1.56 bits per heavy atom. The average molecular weight is 485 g/mol.